The first kappa shape index (κ1) is 20.0. The maximum absolute atomic E-state index is 13.3. The van der Waals surface area contributed by atoms with E-state index in [-0.39, 0.29) is 11.1 Å². The van der Waals surface area contributed by atoms with Gasteiger partial charge >= 0.3 is 6.03 Å². The number of hydrogen-bond donors (Lipinski definition) is 3. The summed E-state index contributed by atoms with van der Waals surface area (Å²) in [6.07, 6.45) is 0. The minimum absolute atomic E-state index is 0.0258. The van der Waals surface area contributed by atoms with Crippen molar-refractivity contribution >= 4 is 40.8 Å². The molecule has 0 unspecified atom stereocenters. The molecule has 1 aliphatic rings. The number of halogens is 2. The van der Waals surface area contributed by atoms with E-state index in [0.29, 0.717) is 43.5 Å². The molecular weight excluding hydrogens is 409 g/mol. The van der Waals surface area contributed by atoms with Crippen molar-refractivity contribution in [2.24, 2.45) is 0 Å². The highest BCUT2D eigenvalue weighted by Gasteiger charge is 2.22. The minimum Gasteiger partial charge on any atom is -0.353 e. The molecule has 2 aromatic heterocycles. The Bertz CT molecular complexity index is 1050. The fraction of sp³-hybridized carbons (Fsp3) is 0.250. The van der Waals surface area contributed by atoms with Gasteiger partial charge in [-0.25, -0.2) is 14.2 Å². The molecule has 30 heavy (non-hydrogen) atoms. The molecule has 1 aliphatic heterocycles. The Morgan fingerprint density at radius 3 is 2.63 bits per heavy atom. The second-order valence-electron chi connectivity index (χ2n) is 6.98. The van der Waals surface area contributed by atoms with E-state index in [1.165, 1.54) is 18.2 Å². The van der Waals surface area contributed by atoms with E-state index in [0.717, 1.165) is 11.5 Å². The first-order valence-corrected chi connectivity index (χ1v) is 9.88. The van der Waals surface area contributed by atoms with Crippen molar-refractivity contribution < 1.29 is 9.18 Å². The van der Waals surface area contributed by atoms with Crippen molar-refractivity contribution in [2.75, 3.05) is 41.7 Å². The number of pyridine rings is 1. The molecule has 0 atom stereocenters. The standard InChI is InChI=1S/C20H21ClFN7O/c1-13-11-18(27-26-13)24-17-3-2-4-19(25-17)28-7-9-29(10-8-28)20(30)23-14-5-6-16(22)15(21)12-14/h2-6,11-12H,7-10H2,1H3,(H,23,30)(H2,24,25,26,27). The number of aromatic nitrogens is 3. The van der Waals surface area contributed by atoms with Gasteiger partial charge in [0.05, 0.1) is 5.02 Å². The fourth-order valence-electron chi connectivity index (χ4n) is 3.20. The third kappa shape index (κ3) is 4.62. The van der Waals surface area contributed by atoms with Gasteiger partial charge in [0.15, 0.2) is 5.82 Å². The number of H-pyrrole nitrogens is 1. The number of hydrogen-bond acceptors (Lipinski definition) is 5. The van der Waals surface area contributed by atoms with Crippen LogP contribution in [0.2, 0.25) is 5.02 Å². The van der Waals surface area contributed by atoms with E-state index in [1.54, 1.807) is 4.90 Å². The van der Waals surface area contributed by atoms with Crippen LogP contribution >= 0.6 is 11.6 Å². The Hall–Kier alpha value is -3.33. The Morgan fingerprint density at radius 2 is 1.93 bits per heavy atom. The molecule has 4 rings (SSSR count). The van der Waals surface area contributed by atoms with Crippen molar-refractivity contribution in [3.8, 4) is 0 Å². The number of carbonyl (C=O) groups is 1. The molecule has 10 heteroatoms. The van der Waals surface area contributed by atoms with Crippen LogP contribution in [0.4, 0.5) is 32.3 Å². The summed E-state index contributed by atoms with van der Waals surface area (Å²) >= 11 is 5.77. The highest BCUT2D eigenvalue weighted by molar-refractivity contribution is 6.31. The van der Waals surface area contributed by atoms with Crippen LogP contribution in [0.5, 0.6) is 0 Å². The zero-order valence-electron chi connectivity index (χ0n) is 16.3. The summed E-state index contributed by atoms with van der Waals surface area (Å²) in [5.41, 5.74) is 1.42. The second-order valence-corrected chi connectivity index (χ2v) is 7.38. The lowest BCUT2D eigenvalue weighted by Gasteiger charge is -2.35. The molecule has 0 bridgehead atoms. The van der Waals surface area contributed by atoms with Gasteiger partial charge in [0.25, 0.3) is 0 Å². The largest absolute Gasteiger partial charge is 0.353 e. The van der Waals surface area contributed by atoms with Crippen molar-refractivity contribution in [3.63, 3.8) is 0 Å². The number of piperazine rings is 1. The maximum Gasteiger partial charge on any atom is 0.321 e. The summed E-state index contributed by atoms with van der Waals surface area (Å²) in [6, 6.07) is 11.5. The van der Waals surface area contributed by atoms with Crippen LogP contribution in [-0.2, 0) is 0 Å². The number of aromatic amines is 1. The first-order chi connectivity index (χ1) is 14.5. The molecule has 3 aromatic rings. The number of urea groups is 1. The number of carbonyl (C=O) groups excluding carboxylic acids is 1. The van der Waals surface area contributed by atoms with E-state index in [9.17, 15) is 9.18 Å². The topological polar surface area (TPSA) is 89.2 Å². The van der Waals surface area contributed by atoms with E-state index < -0.39 is 5.82 Å². The Balaban J connectivity index is 1.34. The highest BCUT2D eigenvalue weighted by Crippen LogP contribution is 2.21. The van der Waals surface area contributed by atoms with Crippen molar-refractivity contribution in [3.05, 3.63) is 59.0 Å². The summed E-state index contributed by atoms with van der Waals surface area (Å²) in [4.78, 5) is 21.0. The van der Waals surface area contributed by atoms with Crippen LogP contribution in [0.15, 0.2) is 42.5 Å². The Kier molecular flexibility index (Phi) is 5.71. The third-order valence-corrected chi connectivity index (χ3v) is 5.05. The Labute approximate surface area is 178 Å². The number of aryl methyl sites for hydroxylation is 1. The third-order valence-electron chi connectivity index (χ3n) is 4.76. The van der Waals surface area contributed by atoms with Crippen LogP contribution in [-0.4, -0.2) is 52.3 Å². The molecule has 0 saturated carbocycles. The lowest BCUT2D eigenvalue weighted by Crippen LogP contribution is -2.50. The summed E-state index contributed by atoms with van der Waals surface area (Å²) in [5.74, 6) is 1.72. The van der Waals surface area contributed by atoms with E-state index in [1.807, 2.05) is 31.2 Å². The van der Waals surface area contributed by atoms with Gasteiger partial charge in [0.2, 0.25) is 0 Å². The maximum atomic E-state index is 13.3. The van der Waals surface area contributed by atoms with Gasteiger partial charge in [-0.3, -0.25) is 5.10 Å². The molecule has 1 aromatic carbocycles. The van der Waals surface area contributed by atoms with Crippen LogP contribution in [0.1, 0.15) is 5.69 Å². The van der Waals surface area contributed by atoms with Crippen LogP contribution in [0.25, 0.3) is 0 Å². The van der Waals surface area contributed by atoms with Gasteiger partial charge in [0.1, 0.15) is 17.5 Å². The predicted octanol–water partition coefficient (Wildman–Crippen LogP) is 4.00. The van der Waals surface area contributed by atoms with Crippen LogP contribution < -0.4 is 15.5 Å². The van der Waals surface area contributed by atoms with Crippen molar-refractivity contribution in [1.82, 2.24) is 20.1 Å². The molecule has 0 aliphatic carbocycles. The molecular formula is C20H21ClFN7O. The number of nitrogens with one attached hydrogen (secondary N) is 3. The highest BCUT2D eigenvalue weighted by atomic mass is 35.5. The zero-order chi connectivity index (χ0) is 21.1. The van der Waals surface area contributed by atoms with Gasteiger partial charge in [0, 0.05) is 43.6 Å². The van der Waals surface area contributed by atoms with E-state index >= 15 is 0 Å². The molecule has 1 saturated heterocycles. The number of rotatable bonds is 4. The predicted molar refractivity (Wildman–Crippen MR) is 115 cm³/mol. The normalized spacial score (nSPS) is 14.0. The SMILES string of the molecule is Cc1cc(Nc2cccc(N3CCN(C(=O)Nc4ccc(F)c(Cl)c4)CC3)n2)n[nH]1. The summed E-state index contributed by atoms with van der Waals surface area (Å²) in [7, 11) is 0. The summed E-state index contributed by atoms with van der Waals surface area (Å²) in [6.45, 7) is 4.31. The van der Waals surface area contributed by atoms with Gasteiger partial charge in [-0.2, -0.15) is 5.10 Å². The van der Waals surface area contributed by atoms with E-state index in [2.05, 4.69) is 30.7 Å². The second kappa shape index (κ2) is 8.58. The van der Waals surface area contributed by atoms with E-state index in [4.69, 9.17) is 11.6 Å². The molecule has 1 fully saturated rings. The fourth-order valence-corrected chi connectivity index (χ4v) is 3.38. The summed E-state index contributed by atoms with van der Waals surface area (Å²) < 4.78 is 13.3. The molecule has 0 radical (unpaired) electrons. The molecule has 2 amide bonds. The number of nitrogens with zero attached hydrogens (tertiary/aromatic N) is 4. The average Bonchev–Trinajstić information content (AvgIpc) is 3.15. The molecule has 3 heterocycles. The monoisotopic (exact) mass is 429 g/mol. The molecule has 8 nitrogen and oxygen atoms in total. The van der Waals surface area contributed by atoms with Gasteiger partial charge in [-0.15, -0.1) is 0 Å². The zero-order valence-corrected chi connectivity index (χ0v) is 17.1. The first-order valence-electron chi connectivity index (χ1n) is 9.50. The van der Waals surface area contributed by atoms with Crippen molar-refractivity contribution in [1.29, 1.82) is 0 Å². The lowest BCUT2D eigenvalue weighted by molar-refractivity contribution is 0.208. The quantitative estimate of drug-likeness (QED) is 0.583. The average molecular weight is 430 g/mol. The van der Waals surface area contributed by atoms with Gasteiger partial charge < -0.3 is 20.4 Å². The number of benzene rings is 1. The number of amides is 2. The van der Waals surface area contributed by atoms with Crippen LogP contribution in [0.3, 0.4) is 0 Å². The Morgan fingerprint density at radius 1 is 1.13 bits per heavy atom. The molecule has 0 spiro atoms. The van der Waals surface area contributed by atoms with Crippen LogP contribution in [0, 0.1) is 12.7 Å². The molecule has 3 N–H and O–H groups in total. The minimum atomic E-state index is -0.519. The van der Waals surface area contributed by atoms with Gasteiger partial charge in [-0.1, -0.05) is 17.7 Å². The van der Waals surface area contributed by atoms with Crippen molar-refractivity contribution in [2.45, 2.75) is 6.92 Å². The number of anilines is 4. The lowest BCUT2D eigenvalue weighted by atomic mass is 10.3. The molecule has 156 valence electrons. The van der Waals surface area contributed by atoms with Gasteiger partial charge in [-0.05, 0) is 37.3 Å². The summed E-state index contributed by atoms with van der Waals surface area (Å²) in [5, 5.41) is 12.9. The smallest absolute Gasteiger partial charge is 0.321 e.